The van der Waals surface area contributed by atoms with Crippen LogP contribution in [0.3, 0.4) is 0 Å². The Balaban J connectivity index is 2.26. The molecule has 0 fully saturated rings. The summed E-state index contributed by atoms with van der Waals surface area (Å²) in [5, 5.41) is 4.26. The second-order valence-electron chi connectivity index (χ2n) is 3.56. The number of anilines is 1. The maximum absolute atomic E-state index is 5.76. The largest absolute Gasteiger partial charge is 0.399 e. The number of imidazole rings is 1. The van der Waals surface area contributed by atoms with Crippen LogP contribution in [0.2, 0.25) is 0 Å². The Kier molecular flexibility index (Phi) is 1.86. The molecule has 0 radical (unpaired) electrons. The van der Waals surface area contributed by atoms with Gasteiger partial charge in [0.05, 0.1) is 11.9 Å². The Labute approximate surface area is 92.4 Å². The Hall–Kier alpha value is -2.36. The fourth-order valence-electron chi connectivity index (χ4n) is 1.72. The molecule has 0 amide bonds. The van der Waals surface area contributed by atoms with Gasteiger partial charge in [-0.2, -0.15) is 5.10 Å². The molecule has 1 aromatic carbocycles. The third kappa shape index (κ3) is 1.32. The summed E-state index contributed by atoms with van der Waals surface area (Å²) in [7, 11) is 0. The Morgan fingerprint density at radius 1 is 1.12 bits per heavy atom. The summed E-state index contributed by atoms with van der Waals surface area (Å²) in [4.78, 5) is 4.28. The number of rotatable bonds is 1. The topological polar surface area (TPSA) is 56.2 Å². The maximum atomic E-state index is 5.76. The third-order valence-corrected chi connectivity index (χ3v) is 2.46. The van der Waals surface area contributed by atoms with Crippen molar-refractivity contribution in [2.75, 3.05) is 5.73 Å². The molecule has 16 heavy (non-hydrogen) atoms. The number of hydrogen-bond acceptors (Lipinski definition) is 3. The van der Waals surface area contributed by atoms with Gasteiger partial charge in [0.2, 0.25) is 0 Å². The summed E-state index contributed by atoms with van der Waals surface area (Å²) in [6.45, 7) is 0. The van der Waals surface area contributed by atoms with Crippen LogP contribution in [-0.2, 0) is 0 Å². The average Bonchev–Trinajstić information content (AvgIpc) is 2.72. The van der Waals surface area contributed by atoms with Gasteiger partial charge >= 0.3 is 0 Å². The van der Waals surface area contributed by atoms with Gasteiger partial charge in [-0.15, -0.1) is 0 Å². The van der Waals surface area contributed by atoms with Gasteiger partial charge in [-0.25, -0.2) is 9.50 Å². The summed E-state index contributed by atoms with van der Waals surface area (Å²) in [6.07, 6.45) is 3.54. The monoisotopic (exact) mass is 210 g/mol. The van der Waals surface area contributed by atoms with Gasteiger partial charge in [-0.05, 0) is 24.3 Å². The van der Waals surface area contributed by atoms with Crippen LogP contribution in [0.1, 0.15) is 0 Å². The molecule has 0 bridgehead atoms. The molecule has 0 aliphatic heterocycles. The zero-order valence-corrected chi connectivity index (χ0v) is 8.54. The van der Waals surface area contributed by atoms with E-state index in [0.717, 1.165) is 22.6 Å². The molecular weight excluding hydrogens is 200 g/mol. The number of benzene rings is 1. The second-order valence-corrected chi connectivity index (χ2v) is 3.56. The van der Waals surface area contributed by atoms with E-state index < -0.39 is 0 Å². The van der Waals surface area contributed by atoms with Gasteiger partial charge in [0.1, 0.15) is 0 Å². The van der Waals surface area contributed by atoms with Crippen LogP contribution in [0.15, 0.2) is 48.8 Å². The maximum Gasteiger partial charge on any atom is 0.154 e. The van der Waals surface area contributed by atoms with Crippen LogP contribution in [0.25, 0.3) is 16.9 Å². The quantitative estimate of drug-likeness (QED) is 0.625. The highest BCUT2D eigenvalue weighted by Crippen LogP contribution is 2.21. The molecule has 0 saturated carbocycles. The smallest absolute Gasteiger partial charge is 0.154 e. The molecule has 2 N–H and O–H groups in total. The van der Waals surface area contributed by atoms with Crippen molar-refractivity contribution in [1.82, 2.24) is 14.6 Å². The summed E-state index contributed by atoms with van der Waals surface area (Å²) < 4.78 is 1.80. The van der Waals surface area contributed by atoms with E-state index in [-0.39, 0.29) is 0 Å². The molecule has 0 aliphatic carbocycles. The van der Waals surface area contributed by atoms with Crippen molar-refractivity contribution in [3.8, 4) is 11.3 Å². The van der Waals surface area contributed by atoms with Crippen LogP contribution in [0.4, 0.5) is 5.69 Å². The van der Waals surface area contributed by atoms with E-state index in [4.69, 9.17) is 5.73 Å². The predicted octanol–water partition coefficient (Wildman–Crippen LogP) is 1.98. The molecule has 3 aromatic rings. The van der Waals surface area contributed by atoms with E-state index in [1.54, 1.807) is 16.9 Å². The molecule has 0 saturated heterocycles. The molecule has 4 heteroatoms. The highest BCUT2D eigenvalue weighted by molar-refractivity contribution is 5.66. The fourth-order valence-corrected chi connectivity index (χ4v) is 1.72. The number of nitrogen functional groups attached to an aromatic ring is 1. The first-order valence-electron chi connectivity index (χ1n) is 4.99. The van der Waals surface area contributed by atoms with Gasteiger partial charge in [-0.1, -0.05) is 12.1 Å². The van der Waals surface area contributed by atoms with Crippen LogP contribution >= 0.6 is 0 Å². The van der Waals surface area contributed by atoms with E-state index in [2.05, 4.69) is 10.1 Å². The van der Waals surface area contributed by atoms with Gasteiger partial charge in [-0.3, -0.25) is 0 Å². The minimum Gasteiger partial charge on any atom is -0.399 e. The zero-order chi connectivity index (χ0) is 11.0. The van der Waals surface area contributed by atoms with E-state index >= 15 is 0 Å². The first-order chi connectivity index (χ1) is 7.84. The second kappa shape index (κ2) is 3.34. The van der Waals surface area contributed by atoms with Crippen molar-refractivity contribution in [1.29, 1.82) is 0 Å². The van der Waals surface area contributed by atoms with Gasteiger partial charge in [0.25, 0.3) is 0 Å². The molecule has 0 unspecified atom stereocenters. The summed E-state index contributed by atoms with van der Waals surface area (Å²) in [5.41, 5.74) is 9.30. The van der Waals surface area contributed by atoms with Crippen molar-refractivity contribution in [3.05, 3.63) is 48.8 Å². The van der Waals surface area contributed by atoms with Crippen LogP contribution in [0.5, 0.6) is 0 Å². The molecule has 0 atom stereocenters. The Bertz CT molecular complexity index is 642. The highest BCUT2D eigenvalue weighted by atomic mass is 15.2. The first kappa shape index (κ1) is 8.91. The SMILES string of the molecule is Nc1cccc(-c2cnc3cccnn23)c1. The van der Waals surface area contributed by atoms with Crippen molar-refractivity contribution in [3.63, 3.8) is 0 Å². The van der Waals surface area contributed by atoms with Crippen molar-refractivity contribution < 1.29 is 0 Å². The highest BCUT2D eigenvalue weighted by Gasteiger charge is 2.05. The number of fused-ring (bicyclic) bond motifs is 1. The lowest BCUT2D eigenvalue weighted by atomic mass is 10.1. The zero-order valence-electron chi connectivity index (χ0n) is 8.54. The predicted molar refractivity (Wildman–Crippen MR) is 62.8 cm³/mol. The van der Waals surface area contributed by atoms with Crippen LogP contribution in [-0.4, -0.2) is 14.6 Å². The van der Waals surface area contributed by atoms with E-state index in [0.29, 0.717) is 0 Å². The Morgan fingerprint density at radius 2 is 2.06 bits per heavy atom. The lowest BCUT2D eigenvalue weighted by Gasteiger charge is -2.01. The summed E-state index contributed by atoms with van der Waals surface area (Å²) >= 11 is 0. The van der Waals surface area contributed by atoms with Gasteiger partial charge < -0.3 is 5.73 Å². The Morgan fingerprint density at radius 3 is 2.94 bits per heavy atom. The minimum atomic E-state index is 0.739. The molecular formula is C12H10N4. The van der Waals surface area contributed by atoms with Gasteiger partial charge in [0.15, 0.2) is 5.65 Å². The van der Waals surface area contributed by atoms with E-state index in [1.807, 2.05) is 36.4 Å². The van der Waals surface area contributed by atoms with E-state index in [1.165, 1.54) is 0 Å². The lowest BCUT2D eigenvalue weighted by molar-refractivity contribution is 0.943. The normalized spacial score (nSPS) is 10.8. The molecule has 2 heterocycles. The number of aromatic nitrogens is 3. The van der Waals surface area contributed by atoms with Crippen molar-refractivity contribution >= 4 is 11.3 Å². The molecule has 2 aromatic heterocycles. The molecule has 0 spiro atoms. The molecule has 0 aliphatic rings. The first-order valence-corrected chi connectivity index (χ1v) is 4.99. The van der Waals surface area contributed by atoms with E-state index in [9.17, 15) is 0 Å². The van der Waals surface area contributed by atoms with Crippen molar-refractivity contribution in [2.24, 2.45) is 0 Å². The van der Waals surface area contributed by atoms with Crippen LogP contribution < -0.4 is 5.73 Å². The number of hydrogen-bond donors (Lipinski definition) is 1. The summed E-state index contributed by atoms with van der Waals surface area (Å²) in [6, 6.07) is 11.5. The molecule has 4 nitrogen and oxygen atoms in total. The molecule has 3 rings (SSSR count). The van der Waals surface area contributed by atoms with Gasteiger partial charge in [0, 0.05) is 17.4 Å². The third-order valence-electron chi connectivity index (χ3n) is 2.46. The fraction of sp³-hybridized carbons (Fsp3) is 0. The lowest BCUT2D eigenvalue weighted by Crippen LogP contribution is -1.93. The standard InChI is InChI=1S/C12H10N4/c13-10-4-1-3-9(7-10)11-8-14-12-5-2-6-15-16(11)12/h1-8H,13H2. The average molecular weight is 210 g/mol. The summed E-state index contributed by atoms with van der Waals surface area (Å²) in [5.74, 6) is 0. The number of nitrogens with zero attached hydrogens (tertiary/aromatic N) is 3. The molecule has 78 valence electrons. The minimum absolute atomic E-state index is 0.739. The van der Waals surface area contributed by atoms with Crippen molar-refractivity contribution in [2.45, 2.75) is 0 Å². The number of nitrogens with two attached hydrogens (primary N) is 1. The van der Waals surface area contributed by atoms with Crippen LogP contribution in [0, 0.1) is 0 Å².